The molecule has 0 heterocycles. The van der Waals surface area contributed by atoms with Gasteiger partial charge in [-0.3, -0.25) is 0 Å². The van der Waals surface area contributed by atoms with Crippen LogP contribution in [-0.4, -0.2) is 26.3 Å². The van der Waals surface area contributed by atoms with Gasteiger partial charge in [-0.25, -0.2) is 4.79 Å². The van der Waals surface area contributed by atoms with Gasteiger partial charge in [0.2, 0.25) is 0 Å². The lowest BCUT2D eigenvalue weighted by molar-refractivity contribution is -0.137. The maximum Gasteiger partial charge on any atom is 0.416 e. The van der Waals surface area contributed by atoms with Crippen LogP contribution in [0.5, 0.6) is 11.5 Å². The van der Waals surface area contributed by atoms with E-state index in [0.29, 0.717) is 31.1 Å². The molecular formula is C19H21F3N2O3. The Morgan fingerprint density at radius 3 is 2.37 bits per heavy atom. The molecule has 0 unspecified atom stereocenters. The van der Waals surface area contributed by atoms with Crippen molar-refractivity contribution >= 4 is 11.7 Å². The number of alkyl halides is 3. The maximum atomic E-state index is 12.5. The molecule has 0 saturated carbocycles. The molecule has 0 fully saturated rings. The molecule has 8 heteroatoms. The number of halogens is 3. The molecule has 2 aromatic rings. The molecule has 0 saturated heterocycles. The molecule has 0 bridgehead atoms. The minimum atomic E-state index is -4.40. The second kappa shape index (κ2) is 9.16. The summed E-state index contributed by atoms with van der Waals surface area (Å²) in [6, 6.07) is 9.28. The van der Waals surface area contributed by atoms with Crippen LogP contribution < -0.4 is 20.1 Å². The summed E-state index contributed by atoms with van der Waals surface area (Å²) in [5.41, 5.74) is 0.464. The highest BCUT2D eigenvalue weighted by Crippen LogP contribution is 2.30. The standard InChI is InChI=1S/C19H21F3N2O3/c1-3-27-16-9-4-13(12-17(16)26-2)10-11-23-18(25)24-15-7-5-14(6-8-15)19(20,21)22/h4-9,12H,3,10-11H2,1-2H3,(H2,23,24,25). The van der Waals surface area contributed by atoms with Crippen LogP contribution in [0.15, 0.2) is 42.5 Å². The van der Waals surface area contributed by atoms with Gasteiger partial charge in [0.05, 0.1) is 19.3 Å². The first-order valence-electron chi connectivity index (χ1n) is 8.35. The third-order valence-electron chi connectivity index (χ3n) is 3.70. The lowest BCUT2D eigenvalue weighted by Gasteiger charge is -2.12. The summed E-state index contributed by atoms with van der Waals surface area (Å²) < 4.78 is 48.3. The summed E-state index contributed by atoms with van der Waals surface area (Å²) in [5.74, 6) is 1.26. The average molecular weight is 382 g/mol. The summed E-state index contributed by atoms with van der Waals surface area (Å²) in [4.78, 5) is 11.9. The molecule has 146 valence electrons. The van der Waals surface area contributed by atoms with E-state index in [1.807, 2.05) is 19.1 Å². The molecule has 0 aliphatic rings. The number of ether oxygens (including phenoxy) is 2. The predicted octanol–water partition coefficient (Wildman–Crippen LogP) is 4.48. The van der Waals surface area contributed by atoms with Crippen molar-refractivity contribution in [2.75, 3.05) is 25.6 Å². The Bertz CT molecular complexity index is 762. The van der Waals surface area contributed by atoms with E-state index in [0.717, 1.165) is 17.7 Å². The van der Waals surface area contributed by atoms with Gasteiger partial charge in [-0.1, -0.05) is 6.07 Å². The van der Waals surface area contributed by atoms with Crippen molar-refractivity contribution in [3.8, 4) is 11.5 Å². The van der Waals surface area contributed by atoms with E-state index < -0.39 is 17.8 Å². The van der Waals surface area contributed by atoms with Crippen LogP contribution in [0.4, 0.5) is 23.7 Å². The Hall–Kier alpha value is -2.90. The second-order valence-electron chi connectivity index (χ2n) is 5.62. The summed E-state index contributed by atoms with van der Waals surface area (Å²) in [6.07, 6.45) is -3.84. The van der Waals surface area contributed by atoms with Crippen LogP contribution in [0.2, 0.25) is 0 Å². The SMILES string of the molecule is CCOc1ccc(CCNC(=O)Nc2ccc(C(F)(F)F)cc2)cc1OC. The number of carbonyl (C=O) groups excluding carboxylic acids is 1. The Morgan fingerprint density at radius 2 is 1.78 bits per heavy atom. The Morgan fingerprint density at radius 1 is 1.07 bits per heavy atom. The number of hydrogen-bond acceptors (Lipinski definition) is 3. The zero-order valence-corrected chi connectivity index (χ0v) is 15.0. The number of amides is 2. The molecule has 0 atom stereocenters. The molecule has 2 aromatic carbocycles. The van der Waals surface area contributed by atoms with E-state index in [2.05, 4.69) is 10.6 Å². The molecule has 27 heavy (non-hydrogen) atoms. The third kappa shape index (κ3) is 6.09. The van der Waals surface area contributed by atoms with E-state index in [4.69, 9.17) is 9.47 Å². The third-order valence-corrected chi connectivity index (χ3v) is 3.70. The summed E-state index contributed by atoms with van der Waals surface area (Å²) in [5, 5.41) is 5.15. The summed E-state index contributed by atoms with van der Waals surface area (Å²) >= 11 is 0. The minimum absolute atomic E-state index is 0.281. The molecule has 2 N–H and O–H groups in total. The lowest BCUT2D eigenvalue weighted by Crippen LogP contribution is -2.30. The van der Waals surface area contributed by atoms with Gasteiger partial charge in [-0.15, -0.1) is 0 Å². The molecule has 0 aromatic heterocycles. The fourth-order valence-electron chi connectivity index (χ4n) is 2.38. The van der Waals surface area contributed by atoms with Gasteiger partial charge in [0.25, 0.3) is 0 Å². The quantitative estimate of drug-likeness (QED) is 0.743. The maximum absolute atomic E-state index is 12.5. The zero-order chi connectivity index (χ0) is 19.9. The summed E-state index contributed by atoms with van der Waals surface area (Å²) in [7, 11) is 1.55. The first-order chi connectivity index (χ1) is 12.8. The number of rotatable bonds is 7. The van der Waals surface area contributed by atoms with Gasteiger partial charge < -0.3 is 20.1 Å². The van der Waals surface area contributed by atoms with Gasteiger partial charge in [0, 0.05) is 12.2 Å². The van der Waals surface area contributed by atoms with Gasteiger partial charge in [-0.05, 0) is 55.3 Å². The molecule has 2 rings (SSSR count). The van der Waals surface area contributed by atoms with Crippen molar-refractivity contribution in [2.45, 2.75) is 19.5 Å². The Kier molecular flexibility index (Phi) is 6.92. The van der Waals surface area contributed by atoms with Crippen LogP contribution in [0.3, 0.4) is 0 Å². The normalized spacial score (nSPS) is 11.0. The van der Waals surface area contributed by atoms with E-state index in [1.54, 1.807) is 13.2 Å². The van der Waals surface area contributed by atoms with Crippen LogP contribution in [0.1, 0.15) is 18.1 Å². The van der Waals surface area contributed by atoms with Gasteiger partial charge in [0.15, 0.2) is 11.5 Å². The van der Waals surface area contributed by atoms with Crippen molar-refractivity contribution in [3.63, 3.8) is 0 Å². The molecule has 2 amide bonds. The fraction of sp³-hybridized carbons (Fsp3) is 0.316. The van der Waals surface area contributed by atoms with E-state index in [-0.39, 0.29) is 5.69 Å². The van der Waals surface area contributed by atoms with Crippen LogP contribution in [0, 0.1) is 0 Å². The topological polar surface area (TPSA) is 59.6 Å². The number of anilines is 1. The number of hydrogen-bond donors (Lipinski definition) is 2. The van der Waals surface area contributed by atoms with Crippen molar-refractivity contribution in [1.29, 1.82) is 0 Å². The van der Waals surface area contributed by atoms with Gasteiger partial charge in [0.1, 0.15) is 0 Å². The number of benzene rings is 2. The van der Waals surface area contributed by atoms with Crippen LogP contribution >= 0.6 is 0 Å². The number of methoxy groups -OCH3 is 1. The monoisotopic (exact) mass is 382 g/mol. The van der Waals surface area contributed by atoms with E-state index in [9.17, 15) is 18.0 Å². The molecule has 5 nitrogen and oxygen atoms in total. The highest BCUT2D eigenvalue weighted by molar-refractivity contribution is 5.89. The molecule has 0 spiro atoms. The Labute approximate surface area is 155 Å². The van der Waals surface area contributed by atoms with E-state index >= 15 is 0 Å². The van der Waals surface area contributed by atoms with Crippen molar-refractivity contribution in [2.24, 2.45) is 0 Å². The molecule has 0 aliphatic heterocycles. The zero-order valence-electron chi connectivity index (χ0n) is 15.0. The molecular weight excluding hydrogens is 361 g/mol. The number of carbonyl (C=O) groups is 1. The summed E-state index contributed by atoms with van der Waals surface area (Å²) in [6.45, 7) is 2.76. The second-order valence-corrected chi connectivity index (χ2v) is 5.62. The van der Waals surface area contributed by atoms with Crippen LogP contribution in [0.25, 0.3) is 0 Å². The smallest absolute Gasteiger partial charge is 0.416 e. The minimum Gasteiger partial charge on any atom is -0.493 e. The lowest BCUT2D eigenvalue weighted by atomic mass is 10.1. The first-order valence-corrected chi connectivity index (χ1v) is 8.35. The largest absolute Gasteiger partial charge is 0.493 e. The number of urea groups is 1. The van der Waals surface area contributed by atoms with Crippen molar-refractivity contribution < 1.29 is 27.4 Å². The first kappa shape index (κ1) is 20.4. The highest BCUT2D eigenvalue weighted by Gasteiger charge is 2.29. The molecule has 0 radical (unpaired) electrons. The fourth-order valence-corrected chi connectivity index (χ4v) is 2.38. The highest BCUT2D eigenvalue weighted by atomic mass is 19.4. The van der Waals surface area contributed by atoms with Crippen molar-refractivity contribution in [1.82, 2.24) is 5.32 Å². The van der Waals surface area contributed by atoms with E-state index in [1.165, 1.54) is 12.1 Å². The molecule has 0 aliphatic carbocycles. The number of nitrogens with one attached hydrogen (secondary N) is 2. The predicted molar refractivity (Wildman–Crippen MR) is 96.3 cm³/mol. The van der Waals surface area contributed by atoms with Gasteiger partial charge in [-0.2, -0.15) is 13.2 Å². The van der Waals surface area contributed by atoms with Gasteiger partial charge >= 0.3 is 12.2 Å². The van der Waals surface area contributed by atoms with Crippen LogP contribution in [-0.2, 0) is 12.6 Å². The average Bonchev–Trinajstić information content (AvgIpc) is 2.62. The van der Waals surface area contributed by atoms with Crippen molar-refractivity contribution in [3.05, 3.63) is 53.6 Å². The Balaban J connectivity index is 1.84.